The molecule has 1 saturated carbocycles. The van der Waals surface area contributed by atoms with E-state index in [1.165, 1.54) is 19.3 Å². The first-order chi connectivity index (χ1) is 5.74. The summed E-state index contributed by atoms with van der Waals surface area (Å²) in [6, 6.07) is 0. The Bertz CT molecular complexity index is 160. The Morgan fingerprint density at radius 1 is 1.58 bits per heavy atom. The highest BCUT2D eigenvalue weighted by Crippen LogP contribution is 2.30. The van der Waals surface area contributed by atoms with Crippen molar-refractivity contribution in [3.63, 3.8) is 0 Å². The molecule has 0 saturated heterocycles. The minimum absolute atomic E-state index is 0.550. The van der Waals surface area contributed by atoms with Crippen LogP contribution in [0.4, 0.5) is 0 Å². The van der Waals surface area contributed by atoms with Crippen LogP contribution >= 0.6 is 12.2 Å². The summed E-state index contributed by atoms with van der Waals surface area (Å²) in [5.41, 5.74) is 2.42. The number of hydrazine groups is 1. The van der Waals surface area contributed by atoms with Crippen molar-refractivity contribution in [3.8, 4) is 0 Å². The molecule has 4 N–H and O–H groups in total. The summed E-state index contributed by atoms with van der Waals surface area (Å²) in [6.07, 6.45) is 4.03. The summed E-state index contributed by atoms with van der Waals surface area (Å²) < 4.78 is 0. The van der Waals surface area contributed by atoms with Gasteiger partial charge in [-0.25, -0.2) is 5.84 Å². The predicted octanol–water partition coefficient (Wildman–Crippen LogP) is 0.760. The fourth-order valence-electron chi connectivity index (χ4n) is 1.80. The minimum Gasteiger partial charge on any atom is -0.361 e. The number of nitrogens with two attached hydrogens (primary N) is 1. The van der Waals surface area contributed by atoms with Crippen LogP contribution in [0, 0.1) is 11.8 Å². The highest BCUT2D eigenvalue weighted by atomic mass is 32.1. The lowest BCUT2D eigenvalue weighted by atomic mass is 9.98. The van der Waals surface area contributed by atoms with Crippen molar-refractivity contribution in [2.75, 3.05) is 6.54 Å². The maximum absolute atomic E-state index is 5.14. The summed E-state index contributed by atoms with van der Waals surface area (Å²) in [7, 11) is 0. The van der Waals surface area contributed by atoms with Gasteiger partial charge in [-0.3, -0.25) is 0 Å². The standard InChI is InChI=1S/C8H17N3S/c1-6-3-2-4-7(6)5-10-8(12)11-9/h6-7H,2-5,9H2,1H3,(H2,10,11,12). The van der Waals surface area contributed by atoms with Crippen molar-refractivity contribution >= 4 is 17.3 Å². The summed E-state index contributed by atoms with van der Waals surface area (Å²) in [5, 5.41) is 3.65. The SMILES string of the molecule is CC1CCCC1CNC(=S)NN. The number of hydrogen-bond donors (Lipinski definition) is 3. The van der Waals surface area contributed by atoms with Crippen molar-refractivity contribution in [1.29, 1.82) is 0 Å². The highest BCUT2D eigenvalue weighted by Gasteiger charge is 2.22. The van der Waals surface area contributed by atoms with Crippen LogP contribution in [0.5, 0.6) is 0 Å². The maximum Gasteiger partial charge on any atom is 0.180 e. The molecule has 0 aromatic rings. The van der Waals surface area contributed by atoms with Gasteiger partial charge in [0.25, 0.3) is 0 Å². The van der Waals surface area contributed by atoms with Gasteiger partial charge < -0.3 is 10.7 Å². The van der Waals surface area contributed by atoms with Crippen molar-refractivity contribution in [2.24, 2.45) is 17.7 Å². The van der Waals surface area contributed by atoms with E-state index in [0.29, 0.717) is 5.11 Å². The van der Waals surface area contributed by atoms with Gasteiger partial charge in [-0.2, -0.15) is 0 Å². The third-order valence-corrected chi connectivity index (χ3v) is 2.96. The van der Waals surface area contributed by atoms with Crippen LogP contribution in [-0.4, -0.2) is 11.7 Å². The van der Waals surface area contributed by atoms with Crippen LogP contribution in [0.2, 0.25) is 0 Å². The zero-order chi connectivity index (χ0) is 8.97. The van der Waals surface area contributed by atoms with Crippen LogP contribution in [-0.2, 0) is 0 Å². The van der Waals surface area contributed by atoms with Crippen LogP contribution in [0.25, 0.3) is 0 Å². The molecule has 2 atom stereocenters. The van der Waals surface area contributed by atoms with E-state index >= 15 is 0 Å². The summed E-state index contributed by atoms with van der Waals surface area (Å²) in [5.74, 6) is 6.74. The van der Waals surface area contributed by atoms with Gasteiger partial charge in [0.15, 0.2) is 5.11 Å². The molecule has 0 bridgehead atoms. The summed E-state index contributed by atoms with van der Waals surface area (Å²) in [6.45, 7) is 3.27. The van der Waals surface area contributed by atoms with Crippen LogP contribution in [0.3, 0.4) is 0 Å². The van der Waals surface area contributed by atoms with Crippen LogP contribution in [0.15, 0.2) is 0 Å². The fourth-order valence-corrected chi connectivity index (χ4v) is 1.88. The topological polar surface area (TPSA) is 50.1 Å². The van der Waals surface area contributed by atoms with E-state index in [1.807, 2.05) is 0 Å². The van der Waals surface area contributed by atoms with Crippen LogP contribution < -0.4 is 16.6 Å². The highest BCUT2D eigenvalue weighted by molar-refractivity contribution is 7.80. The molecule has 0 radical (unpaired) electrons. The van der Waals surface area contributed by atoms with Gasteiger partial charge in [-0.05, 0) is 30.5 Å². The van der Waals surface area contributed by atoms with Gasteiger partial charge in [0.2, 0.25) is 0 Å². The van der Waals surface area contributed by atoms with Gasteiger partial charge in [0, 0.05) is 6.54 Å². The molecule has 0 aliphatic heterocycles. The van der Waals surface area contributed by atoms with Gasteiger partial charge in [0.05, 0.1) is 0 Å². The molecule has 3 nitrogen and oxygen atoms in total. The monoisotopic (exact) mass is 187 g/mol. The van der Waals surface area contributed by atoms with Crippen molar-refractivity contribution in [2.45, 2.75) is 26.2 Å². The second-order valence-corrected chi connectivity index (χ2v) is 3.93. The smallest absolute Gasteiger partial charge is 0.180 e. The molecule has 2 unspecified atom stereocenters. The van der Waals surface area contributed by atoms with E-state index in [2.05, 4.69) is 17.7 Å². The Kier molecular flexibility index (Phi) is 3.75. The zero-order valence-corrected chi connectivity index (χ0v) is 8.29. The molecule has 4 heteroatoms. The first kappa shape index (κ1) is 9.74. The third kappa shape index (κ3) is 2.60. The quantitative estimate of drug-likeness (QED) is 0.339. The lowest BCUT2D eigenvalue weighted by Crippen LogP contribution is -2.41. The van der Waals surface area contributed by atoms with E-state index in [1.54, 1.807) is 0 Å². The Labute approximate surface area is 79.1 Å². The molecule has 0 aromatic heterocycles. The number of hydrogen-bond acceptors (Lipinski definition) is 2. The van der Waals surface area contributed by atoms with E-state index in [9.17, 15) is 0 Å². The lowest BCUT2D eigenvalue weighted by molar-refractivity contribution is 0.414. The summed E-state index contributed by atoms with van der Waals surface area (Å²) >= 11 is 4.88. The molecule has 12 heavy (non-hydrogen) atoms. The Balaban J connectivity index is 2.18. The second kappa shape index (κ2) is 4.62. The average Bonchev–Trinajstić information content (AvgIpc) is 2.47. The Morgan fingerprint density at radius 2 is 2.33 bits per heavy atom. The van der Waals surface area contributed by atoms with Gasteiger partial charge in [-0.1, -0.05) is 19.8 Å². The van der Waals surface area contributed by atoms with Gasteiger partial charge in [-0.15, -0.1) is 0 Å². The molecular weight excluding hydrogens is 170 g/mol. The second-order valence-electron chi connectivity index (χ2n) is 3.52. The first-order valence-corrected chi connectivity index (χ1v) is 4.89. The minimum atomic E-state index is 0.550. The van der Waals surface area contributed by atoms with E-state index in [-0.39, 0.29) is 0 Å². The maximum atomic E-state index is 5.14. The molecule has 1 aliphatic carbocycles. The number of thiocarbonyl (C=S) groups is 1. The fraction of sp³-hybridized carbons (Fsp3) is 0.875. The average molecular weight is 187 g/mol. The third-order valence-electron chi connectivity index (χ3n) is 2.70. The Hall–Kier alpha value is -0.350. The van der Waals surface area contributed by atoms with E-state index in [0.717, 1.165) is 18.4 Å². The Morgan fingerprint density at radius 3 is 2.83 bits per heavy atom. The summed E-state index contributed by atoms with van der Waals surface area (Å²) in [4.78, 5) is 0. The predicted molar refractivity (Wildman–Crippen MR) is 54.4 cm³/mol. The molecule has 1 aliphatic rings. The molecule has 1 rings (SSSR count). The molecule has 0 aromatic carbocycles. The molecular formula is C8H17N3S. The molecule has 0 spiro atoms. The molecule has 0 amide bonds. The van der Waals surface area contributed by atoms with Crippen molar-refractivity contribution < 1.29 is 0 Å². The molecule has 70 valence electrons. The number of rotatable bonds is 2. The lowest BCUT2D eigenvalue weighted by Gasteiger charge is -2.16. The van der Waals surface area contributed by atoms with Crippen LogP contribution in [0.1, 0.15) is 26.2 Å². The van der Waals surface area contributed by atoms with E-state index in [4.69, 9.17) is 18.1 Å². The van der Waals surface area contributed by atoms with Gasteiger partial charge >= 0.3 is 0 Å². The van der Waals surface area contributed by atoms with Crippen molar-refractivity contribution in [1.82, 2.24) is 10.7 Å². The first-order valence-electron chi connectivity index (χ1n) is 4.48. The zero-order valence-electron chi connectivity index (χ0n) is 7.47. The largest absolute Gasteiger partial charge is 0.361 e. The van der Waals surface area contributed by atoms with Crippen molar-refractivity contribution in [3.05, 3.63) is 0 Å². The molecule has 1 fully saturated rings. The van der Waals surface area contributed by atoms with Gasteiger partial charge in [0.1, 0.15) is 0 Å². The normalized spacial score (nSPS) is 28.5. The van der Waals surface area contributed by atoms with E-state index < -0.39 is 0 Å². The number of nitrogens with one attached hydrogen (secondary N) is 2. The molecule has 0 heterocycles.